The van der Waals surface area contributed by atoms with Gasteiger partial charge in [-0.1, -0.05) is 11.8 Å². The summed E-state index contributed by atoms with van der Waals surface area (Å²) >= 11 is 3.10. The Morgan fingerprint density at radius 2 is 2.19 bits per heavy atom. The molecule has 0 aliphatic carbocycles. The van der Waals surface area contributed by atoms with Crippen LogP contribution in [0.3, 0.4) is 0 Å². The van der Waals surface area contributed by atoms with E-state index in [1.807, 2.05) is 6.92 Å². The number of amides is 1. The van der Waals surface area contributed by atoms with Gasteiger partial charge in [-0.15, -0.1) is 23.7 Å². The minimum atomic E-state index is -0.0238. The van der Waals surface area contributed by atoms with Crippen molar-refractivity contribution in [3.63, 3.8) is 0 Å². The molecule has 0 radical (unpaired) electrons. The van der Waals surface area contributed by atoms with Gasteiger partial charge < -0.3 is 11.1 Å². The summed E-state index contributed by atoms with van der Waals surface area (Å²) in [6.07, 6.45) is 1.56. The second-order valence-electron chi connectivity index (χ2n) is 4.64. The Bertz CT molecular complexity index is 632. The van der Waals surface area contributed by atoms with Crippen LogP contribution in [0.4, 0.5) is 0 Å². The van der Waals surface area contributed by atoms with Crippen molar-refractivity contribution < 1.29 is 4.79 Å². The maximum Gasteiger partial charge on any atom is 0.230 e. The fraction of sp³-hybridized carbons (Fsp3) is 0.462. The van der Waals surface area contributed by atoms with E-state index in [1.165, 1.54) is 22.2 Å². The fourth-order valence-electron chi connectivity index (χ4n) is 1.77. The van der Waals surface area contributed by atoms with Gasteiger partial charge in [0.2, 0.25) is 5.91 Å². The first-order chi connectivity index (χ1) is 9.52. The number of nitrogens with two attached hydrogens (primary N) is 1. The van der Waals surface area contributed by atoms with Crippen LogP contribution in [0.15, 0.2) is 11.4 Å². The molecular weight excluding hydrogens is 328 g/mol. The Hall–Kier alpha value is -0.890. The Balaban J connectivity index is 0.00000220. The molecule has 0 aromatic carbocycles. The van der Waals surface area contributed by atoms with Crippen molar-refractivity contribution >= 4 is 51.6 Å². The number of carbonyl (C=O) groups is 1. The smallest absolute Gasteiger partial charge is 0.230 e. The van der Waals surface area contributed by atoms with Crippen molar-refractivity contribution in [1.29, 1.82) is 0 Å². The van der Waals surface area contributed by atoms with E-state index in [0.29, 0.717) is 12.3 Å². The van der Waals surface area contributed by atoms with Gasteiger partial charge in [0.1, 0.15) is 16.2 Å². The van der Waals surface area contributed by atoms with Crippen LogP contribution in [-0.2, 0) is 4.79 Å². The Morgan fingerprint density at radius 1 is 1.48 bits per heavy atom. The lowest BCUT2D eigenvalue weighted by Crippen LogP contribution is -2.38. The number of rotatable bonds is 5. The van der Waals surface area contributed by atoms with Crippen molar-refractivity contribution in [3.8, 4) is 0 Å². The number of thiophene rings is 1. The van der Waals surface area contributed by atoms with E-state index in [2.05, 4.69) is 29.1 Å². The van der Waals surface area contributed by atoms with Gasteiger partial charge >= 0.3 is 0 Å². The topological polar surface area (TPSA) is 80.9 Å². The first-order valence-electron chi connectivity index (χ1n) is 6.35. The summed E-state index contributed by atoms with van der Waals surface area (Å²) in [6, 6.07) is -0.00125. The Labute approximate surface area is 138 Å². The van der Waals surface area contributed by atoms with Gasteiger partial charge in [0.15, 0.2) is 0 Å². The van der Waals surface area contributed by atoms with Gasteiger partial charge in [-0.3, -0.25) is 4.79 Å². The van der Waals surface area contributed by atoms with Crippen LogP contribution < -0.4 is 11.1 Å². The molecule has 0 aliphatic heterocycles. The zero-order valence-electron chi connectivity index (χ0n) is 12.2. The van der Waals surface area contributed by atoms with Crippen molar-refractivity contribution in [3.05, 3.63) is 16.8 Å². The highest BCUT2D eigenvalue weighted by atomic mass is 35.5. The van der Waals surface area contributed by atoms with Crippen molar-refractivity contribution in [2.75, 3.05) is 12.3 Å². The van der Waals surface area contributed by atoms with E-state index in [9.17, 15) is 4.79 Å². The molecule has 0 fully saturated rings. The summed E-state index contributed by atoms with van der Waals surface area (Å²) in [5.41, 5.74) is 6.68. The van der Waals surface area contributed by atoms with E-state index in [4.69, 9.17) is 5.73 Å². The summed E-state index contributed by atoms with van der Waals surface area (Å²) in [5, 5.41) is 4.78. The van der Waals surface area contributed by atoms with Gasteiger partial charge in [0.25, 0.3) is 0 Å². The van der Waals surface area contributed by atoms with E-state index in [1.54, 1.807) is 17.7 Å². The molecule has 2 aromatic heterocycles. The number of thioether (sulfide) groups is 1. The normalized spacial score (nSPS) is 12.0. The largest absolute Gasteiger partial charge is 0.352 e. The maximum atomic E-state index is 11.8. The number of carbonyl (C=O) groups excluding carboxylic acids is 1. The van der Waals surface area contributed by atoms with E-state index in [-0.39, 0.29) is 24.4 Å². The lowest BCUT2D eigenvalue weighted by Gasteiger charge is -2.10. The summed E-state index contributed by atoms with van der Waals surface area (Å²) < 4.78 is 0. The van der Waals surface area contributed by atoms with Crippen molar-refractivity contribution in [1.82, 2.24) is 15.3 Å². The summed E-state index contributed by atoms with van der Waals surface area (Å²) in [6.45, 7) is 6.47. The molecule has 0 bridgehead atoms. The second-order valence-corrected chi connectivity index (χ2v) is 6.80. The number of nitrogens with zero attached hydrogens (tertiary/aromatic N) is 2. The lowest BCUT2D eigenvalue weighted by molar-refractivity contribution is -0.119. The van der Waals surface area contributed by atoms with Crippen LogP contribution >= 0.6 is 35.5 Å². The molecule has 1 amide bonds. The molecule has 8 heteroatoms. The molecule has 21 heavy (non-hydrogen) atoms. The van der Waals surface area contributed by atoms with E-state index >= 15 is 0 Å². The monoisotopic (exact) mass is 346 g/mol. The lowest BCUT2D eigenvalue weighted by atomic mass is 10.2. The fourth-order valence-corrected chi connectivity index (χ4v) is 3.70. The molecule has 0 saturated heterocycles. The number of hydrogen-bond acceptors (Lipinski definition) is 6. The van der Waals surface area contributed by atoms with Gasteiger partial charge in [0.05, 0.1) is 5.75 Å². The number of hydrogen-bond donors (Lipinski definition) is 2. The van der Waals surface area contributed by atoms with Crippen LogP contribution in [0.25, 0.3) is 10.2 Å². The Kier molecular flexibility index (Phi) is 6.86. The standard InChI is InChI=1S/C13H18N4OS2.ClH/c1-7(4-14)17-10(18)5-19-12-11-8(2)9(3)20-13(11)16-6-15-12;/h6-7H,4-5,14H2,1-3H3,(H,17,18);1H/t7-;/m0./s1. The SMILES string of the molecule is Cc1sc2ncnc(SCC(=O)N[C@@H](C)CN)c2c1C.Cl. The molecule has 116 valence electrons. The summed E-state index contributed by atoms with van der Waals surface area (Å²) in [7, 11) is 0. The summed E-state index contributed by atoms with van der Waals surface area (Å²) in [5.74, 6) is 0.314. The third kappa shape index (κ3) is 4.29. The first-order valence-corrected chi connectivity index (χ1v) is 8.16. The molecular formula is C13H19ClN4OS2. The van der Waals surface area contributed by atoms with E-state index in [0.717, 1.165) is 15.2 Å². The van der Waals surface area contributed by atoms with Crippen LogP contribution in [0, 0.1) is 13.8 Å². The molecule has 2 rings (SSSR count). The molecule has 5 nitrogen and oxygen atoms in total. The minimum absolute atomic E-state index is 0. The molecule has 1 atom stereocenters. The Morgan fingerprint density at radius 3 is 2.86 bits per heavy atom. The number of halogens is 1. The maximum absolute atomic E-state index is 11.8. The highest BCUT2D eigenvalue weighted by Crippen LogP contribution is 2.34. The number of aryl methyl sites for hydroxylation is 2. The highest BCUT2D eigenvalue weighted by Gasteiger charge is 2.14. The van der Waals surface area contributed by atoms with Crippen LogP contribution in [-0.4, -0.2) is 34.2 Å². The van der Waals surface area contributed by atoms with Crippen molar-refractivity contribution in [2.24, 2.45) is 5.73 Å². The molecule has 0 aliphatic rings. The minimum Gasteiger partial charge on any atom is -0.352 e. The average molecular weight is 347 g/mol. The van der Waals surface area contributed by atoms with Gasteiger partial charge in [-0.05, 0) is 26.3 Å². The van der Waals surface area contributed by atoms with Crippen LogP contribution in [0.5, 0.6) is 0 Å². The quantitative estimate of drug-likeness (QED) is 0.641. The zero-order valence-corrected chi connectivity index (χ0v) is 14.6. The molecule has 0 spiro atoms. The van der Waals surface area contributed by atoms with Crippen molar-refractivity contribution in [2.45, 2.75) is 31.8 Å². The summed E-state index contributed by atoms with van der Waals surface area (Å²) in [4.78, 5) is 22.6. The van der Waals surface area contributed by atoms with Gasteiger partial charge in [-0.2, -0.15) is 0 Å². The third-order valence-corrected chi connectivity index (χ3v) is 5.14. The molecule has 2 heterocycles. The van der Waals surface area contributed by atoms with Gasteiger partial charge in [-0.25, -0.2) is 9.97 Å². The second kappa shape index (κ2) is 7.93. The predicted octanol–water partition coefficient (Wildman–Crippen LogP) is 2.29. The van der Waals surface area contributed by atoms with Gasteiger partial charge in [0, 0.05) is 22.8 Å². The number of fused-ring (bicyclic) bond motifs is 1. The zero-order chi connectivity index (χ0) is 14.7. The predicted molar refractivity (Wildman–Crippen MR) is 91.5 cm³/mol. The van der Waals surface area contributed by atoms with Crippen LogP contribution in [0.2, 0.25) is 0 Å². The highest BCUT2D eigenvalue weighted by molar-refractivity contribution is 8.00. The number of nitrogens with one attached hydrogen (secondary N) is 1. The molecule has 3 N–H and O–H groups in total. The molecule has 0 unspecified atom stereocenters. The first kappa shape index (κ1) is 18.2. The molecule has 2 aromatic rings. The van der Waals surface area contributed by atoms with E-state index < -0.39 is 0 Å². The third-order valence-electron chi connectivity index (χ3n) is 3.03. The number of aromatic nitrogens is 2. The molecule has 0 saturated carbocycles. The average Bonchev–Trinajstić information content (AvgIpc) is 2.72. The van der Waals surface area contributed by atoms with Crippen LogP contribution in [0.1, 0.15) is 17.4 Å².